The number of hydrogen-bond acceptors (Lipinski definition) is 6. The van der Waals surface area contributed by atoms with Crippen LogP contribution in [0.1, 0.15) is 11.7 Å². The molecule has 0 N–H and O–H groups in total. The fraction of sp³-hybridized carbons (Fsp3) is 0.357. The van der Waals surface area contributed by atoms with Crippen molar-refractivity contribution in [3.05, 3.63) is 48.0 Å². The summed E-state index contributed by atoms with van der Waals surface area (Å²) in [5.74, 6) is -0.813. The Morgan fingerprint density at radius 2 is 1.79 bits per heavy atom. The van der Waals surface area contributed by atoms with Crippen molar-refractivity contribution in [3.8, 4) is 0 Å². The second kappa shape index (κ2) is 5.87. The Kier molecular flexibility index (Phi) is 4.14. The van der Waals surface area contributed by atoms with Crippen LogP contribution in [0.25, 0.3) is 0 Å². The predicted octanol–water partition coefficient (Wildman–Crippen LogP) is 1.84. The lowest BCUT2D eigenvalue weighted by atomic mass is 10.0. The van der Waals surface area contributed by atoms with E-state index in [9.17, 15) is 26.4 Å². The van der Waals surface area contributed by atoms with Crippen LogP contribution in [0.3, 0.4) is 0 Å². The second-order valence-electron chi connectivity index (χ2n) is 5.15. The van der Waals surface area contributed by atoms with Crippen molar-refractivity contribution in [1.29, 1.82) is 0 Å². The first-order valence-corrected chi connectivity index (χ1v) is 8.19. The van der Waals surface area contributed by atoms with E-state index in [4.69, 9.17) is 9.47 Å². The summed E-state index contributed by atoms with van der Waals surface area (Å²) in [5.41, 5.74) is -5.19. The highest BCUT2D eigenvalue weighted by Gasteiger charge is 2.56. The van der Waals surface area contributed by atoms with Crippen molar-refractivity contribution in [2.24, 2.45) is 0 Å². The molecule has 0 amide bonds. The summed E-state index contributed by atoms with van der Waals surface area (Å²) in [6.07, 6.45) is -2.64. The van der Waals surface area contributed by atoms with E-state index in [0.717, 1.165) is 6.08 Å². The van der Waals surface area contributed by atoms with Crippen LogP contribution in [-0.4, -0.2) is 38.2 Å². The van der Waals surface area contributed by atoms with Crippen molar-refractivity contribution in [3.63, 3.8) is 0 Å². The van der Waals surface area contributed by atoms with Crippen molar-refractivity contribution in [1.82, 2.24) is 0 Å². The highest BCUT2D eigenvalue weighted by Crippen LogP contribution is 2.41. The van der Waals surface area contributed by atoms with E-state index >= 15 is 0 Å². The van der Waals surface area contributed by atoms with Gasteiger partial charge in [0.1, 0.15) is 18.3 Å². The molecule has 0 unspecified atom stereocenters. The van der Waals surface area contributed by atoms with Crippen LogP contribution in [0.4, 0.5) is 13.2 Å². The van der Waals surface area contributed by atoms with Crippen LogP contribution >= 0.6 is 0 Å². The number of carbonyl (C=O) groups is 1. The monoisotopic (exact) mass is 364 g/mol. The molecule has 3 rings (SSSR count). The molecule has 2 heterocycles. The molecule has 0 aromatic heterocycles. The van der Waals surface area contributed by atoms with E-state index in [1.54, 1.807) is 30.3 Å². The summed E-state index contributed by atoms with van der Waals surface area (Å²) < 4.78 is 75.5. The van der Waals surface area contributed by atoms with Crippen molar-refractivity contribution >= 4 is 16.1 Å². The average Bonchev–Trinajstić information content (AvgIpc) is 2.85. The Morgan fingerprint density at radius 1 is 1.12 bits per heavy atom. The molecule has 2 aliphatic heterocycles. The summed E-state index contributed by atoms with van der Waals surface area (Å²) in [4.78, 5) is 11.4. The lowest BCUT2D eigenvalue weighted by molar-refractivity contribution is -0.149. The lowest BCUT2D eigenvalue weighted by Gasteiger charge is -2.25. The fourth-order valence-electron chi connectivity index (χ4n) is 2.54. The maximum atomic E-state index is 12.6. The number of fused-ring (bicyclic) bond motifs is 1. The van der Waals surface area contributed by atoms with Crippen LogP contribution in [0, 0.1) is 0 Å². The van der Waals surface area contributed by atoms with Gasteiger partial charge in [0.25, 0.3) is 0 Å². The van der Waals surface area contributed by atoms with E-state index < -0.39 is 46.0 Å². The van der Waals surface area contributed by atoms with Gasteiger partial charge in [-0.05, 0) is 11.6 Å². The van der Waals surface area contributed by atoms with Gasteiger partial charge in [0.05, 0.1) is 0 Å². The van der Waals surface area contributed by atoms with Gasteiger partial charge in [-0.25, -0.2) is 4.79 Å². The molecule has 0 bridgehead atoms. The highest BCUT2D eigenvalue weighted by atomic mass is 32.2. The van der Waals surface area contributed by atoms with Gasteiger partial charge < -0.3 is 9.47 Å². The first-order chi connectivity index (χ1) is 11.2. The van der Waals surface area contributed by atoms with Crippen molar-refractivity contribution in [2.45, 2.75) is 29.9 Å². The third kappa shape index (κ3) is 3.04. The zero-order valence-corrected chi connectivity index (χ0v) is 12.7. The van der Waals surface area contributed by atoms with Gasteiger partial charge in [0.2, 0.25) is 0 Å². The summed E-state index contributed by atoms with van der Waals surface area (Å²) in [7, 11) is -5.89. The van der Waals surface area contributed by atoms with Crippen LogP contribution in [-0.2, 0) is 28.6 Å². The standard InChI is InChI=1S/C14H11F3O6S/c15-14(16,17)24(19,20)23-13-11(8-4-2-1-3-5-8)21-9-6-7-10(18)22-12(9)13/h1-7,9,11-13H/t9-,11-,12+,13-/m0/s1. The normalized spacial score (nSPS) is 30.0. The van der Waals surface area contributed by atoms with Crippen LogP contribution in [0.2, 0.25) is 0 Å². The number of rotatable bonds is 3. The first kappa shape index (κ1) is 16.9. The molecule has 2 aliphatic rings. The predicted molar refractivity (Wildman–Crippen MR) is 72.9 cm³/mol. The van der Waals surface area contributed by atoms with Crippen LogP contribution in [0.15, 0.2) is 42.5 Å². The molecule has 0 saturated carbocycles. The number of esters is 1. The molecule has 4 atom stereocenters. The number of halogens is 3. The van der Waals surface area contributed by atoms with E-state index in [1.807, 2.05) is 0 Å². The Balaban J connectivity index is 1.97. The van der Waals surface area contributed by atoms with Gasteiger partial charge in [-0.2, -0.15) is 21.6 Å². The lowest BCUT2D eigenvalue weighted by Crippen LogP contribution is -2.42. The molecular formula is C14H11F3O6S. The summed E-state index contributed by atoms with van der Waals surface area (Å²) in [6, 6.07) is 7.98. The van der Waals surface area contributed by atoms with E-state index in [-0.39, 0.29) is 0 Å². The minimum Gasteiger partial charge on any atom is -0.453 e. The topological polar surface area (TPSA) is 78.9 Å². The molecular weight excluding hydrogens is 353 g/mol. The number of benzene rings is 1. The molecule has 1 aromatic rings. The molecule has 10 heteroatoms. The zero-order valence-electron chi connectivity index (χ0n) is 11.8. The first-order valence-electron chi connectivity index (χ1n) is 6.78. The van der Waals surface area contributed by atoms with Gasteiger partial charge in [-0.1, -0.05) is 30.3 Å². The number of hydrogen-bond donors (Lipinski definition) is 0. The van der Waals surface area contributed by atoms with Crippen LogP contribution < -0.4 is 0 Å². The summed E-state index contributed by atoms with van der Waals surface area (Å²) in [5, 5.41) is 0. The Labute approximate surface area is 134 Å². The third-order valence-electron chi connectivity index (χ3n) is 3.57. The fourth-order valence-corrected chi connectivity index (χ4v) is 3.15. The Hall–Kier alpha value is -1.91. The number of alkyl halides is 3. The summed E-state index contributed by atoms with van der Waals surface area (Å²) in [6.45, 7) is 0. The van der Waals surface area contributed by atoms with Crippen molar-refractivity contribution < 1.29 is 40.0 Å². The van der Waals surface area contributed by atoms with Gasteiger partial charge in [0, 0.05) is 6.08 Å². The number of ether oxygens (including phenoxy) is 2. The van der Waals surface area contributed by atoms with Crippen molar-refractivity contribution in [2.75, 3.05) is 0 Å². The quantitative estimate of drug-likeness (QED) is 0.463. The largest absolute Gasteiger partial charge is 0.523 e. The SMILES string of the molecule is O=C1C=C[C@@H]2O[C@@H](c3ccccc3)[C@H](OS(=O)(=O)C(F)(F)F)[C@@H]2O1. The summed E-state index contributed by atoms with van der Waals surface area (Å²) >= 11 is 0. The van der Waals surface area contributed by atoms with Gasteiger partial charge in [0.15, 0.2) is 6.10 Å². The minimum atomic E-state index is -5.89. The maximum absolute atomic E-state index is 12.6. The Bertz CT molecular complexity index is 758. The van der Waals surface area contributed by atoms with E-state index in [2.05, 4.69) is 4.18 Å². The molecule has 0 spiro atoms. The Morgan fingerprint density at radius 3 is 2.42 bits per heavy atom. The third-order valence-corrected chi connectivity index (χ3v) is 4.62. The molecule has 1 fully saturated rings. The van der Waals surface area contributed by atoms with Gasteiger partial charge in [-0.3, -0.25) is 4.18 Å². The zero-order chi connectivity index (χ0) is 17.5. The molecule has 24 heavy (non-hydrogen) atoms. The molecule has 1 aromatic carbocycles. The van der Waals surface area contributed by atoms with E-state index in [0.29, 0.717) is 5.56 Å². The molecule has 130 valence electrons. The van der Waals surface area contributed by atoms with Crippen LogP contribution in [0.5, 0.6) is 0 Å². The van der Waals surface area contributed by atoms with Gasteiger partial charge in [-0.15, -0.1) is 0 Å². The molecule has 1 saturated heterocycles. The second-order valence-corrected chi connectivity index (χ2v) is 6.72. The van der Waals surface area contributed by atoms with E-state index in [1.165, 1.54) is 6.08 Å². The molecule has 0 aliphatic carbocycles. The number of carbonyl (C=O) groups excluding carboxylic acids is 1. The van der Waals surface area contributed by atoms with Gasteiger partial charge >= 0.3 is 21.6 Å². The molecule has 0 radical (unpaired) electrons. The minimum absolute atomic E-state index is 0.402. The molecule has 6 nitrogen and oxygen atoms in total. The maximum Gasteiger partial charge on any atom is 0.523 e. The average molecular weight is 364 g/mol. The highest BCUT2D eigenvalue weighted by molar-refractivity contribution is 7.87. The smallest absolute Gasteiger partial charge is 0.453 e.